The fourth-order valence-electron chi connectivity index (χ4n) is 2.31. The van der Waals surface area contributed by atoms with Gasteiger partial charge in [0.1, 0.15) is 0 Å². The second-order valence-electron chi connectivity index (χ2n) is 3.95. The monoisotopic (exact) mass is 222 g/mol. The smallest absolute Gasteiger partial charge is 0.260 e. The molecule has 0 radical (unpaired) electrons. The van der Waals surface area contributed by atoms with Crippen molar-refractivity contribution in [2.75, 3.05) is 0 Å². The Kier molecular flexibility index (Phi) is 1.89. The second-order valence-corrected chi connectivity index (χ2v) is 4.39. The maximum Gasteiger partial charge on any atom is 0.260 e. The summed E-state index contributed by atoms with van der Waals surface area (Å²) in [5.41, 5.74) is 1.70. The Morgan fingerprint density at radius 2 is 2.20 bits per heavy atom. The van der Waals surface area contributed by atoms with Crippen LogP contribution in [0.2, 0.25) is 5.02 Å². The molecule has 0 saturated heterocycles. The average Bonchev–Trinajstić information content (AvgIpc) is 2.54. The summed E-state index contributed by atoms with van der Waals surface area (Å²) in [6.07, 6.45) is 3.12. The van der Waals surface area contributed by atoms with E-state index in [1.54, 1.807) is 12.1 Å². The number of fused-ring (bicyclic) bond motifs is 3. The molecule has 0 atom stereocenters. The molecular formula is C11H11ClN2O. The molecule has 3 rings (SSSR count). The Hall–Kier alpha value is -1.22. The van der Waals surface area contributed by atoms with E-state index in [4.69, 9.17) is 11.6 Å². The SMILES string of the molecule is [O-][n+]1c2n(c3cc(Cl)ccc31)CCCC2. The van der Waals surface area contributed by atoms with Gasteiger partial charge in [0.2, 0.25) is 0 Å². The number of halogens is 1. The molecule has 1 aromatic carbocycles. The first-order chi connectivity index (χ1) is 7.27. The molecule has 1 aliphatic heterocycles. The van der Waals surface area contributed by atoms with Crippen molar-refractivity contribution in [2.24, 2.45) is 0 Å². The first-order valence-corrected chi connectivity index (χ1v) is 5.55. The summed E-state index contributed by atoms with van der Waals surface area (Å²) in [5.74, 6) is 0.874. The minimum Gasteiger partial charge on any atom is -0.710 e. The fraction of sp³-hybridized carbons (Fsp3) is 0.364. The number of benzene rings is 1. The van der Waals surface area contributed by atoms with Crippen molar-refractivity contribution < 1.29 is 4.73 Å². The Morgan fingerprint density at radius 1 is 1.33 bits per heavy atom. The molecule has 2 heterocycles. The molecule has 3 nitrogen and oxygen atoms in total. The minimum atomic E-state index is 0.689. The van der Waals surface area contributed by atoms with E-state index in [1.165, 1.54) is 0 Å². The minimum absolute atomic E-state index is 0.689. The lowest BCUT2D eigenvalue weighted by Crippen LogP contribution is -2.32. The lowest BCUT2D eigenvalue weighted by atomic mass is 10.2. The van der Waals surface area contributed by atoms with Gasteiger partial charge in [0.05, 0.1) is 6.54 Å². The Morgan fingerprint density at radius 3 is 3.07 bits per heavy atom. The van der Waals surface area contributed by atoms with E-state index in [2.05, 4.69) is 4.57 Å². The van der Waals surface area contributed by atoms with E-state index < -0.39 is 0 Å². The van der Waals surface area contributed by atoms with Crippen LogP contribution in [0.5, 0.6) is 0 Å². The van der Waals surface area contributed by atoms with Crippen LogP contribution in [-0.4, -0.2) is 4.57 Å². The molecule has 0 bridgehead atoms. The van der Waals surface area contributed by atoms with Gasteiger partial charge in [-0.05, 0) is 25.0 Å². The maximum absolute atomic E-state index is 11.9. The normalized spacial score (nSPS) is 15.5. The van der Waals surface area contributed by atoms with Crippen LogP contribution in [0.15, 0.2) is 18.2 Å². The van der Waals surface area contributed by atoms with Gasteiger partial charge in [-0.1, -0.05) is 11.6 Å². The van der Waals surface area contributed by atoms with E-state index in [0.29, 0.717) is 5.02 Å². The van der Waals surface area contributed by atoms with Crippen LogP contribution in [0.25, 0.3) is 11.0 Å². The predicted molar refractivity (Wildman–Crippen MR) is 58.8 cm³/mol. The Bertz CT molecular complexity index is 533. The molecule has 4 heteroatoms. The van der Waals surface area contributed by atoms with Gasteiger partial charge in [-0.15, -0.1) is 0 Å². The van der Waals surface area contributed by atoms with Crippen molar-refractivity contribution in [2.45, 2.75) is 25.8 Å². The topological polar surface area (TPSA) is 31.9 Å². The summed E-state index contributed by atoms with van der Waals surface area (Å²) in [7, 11) is 0. The zero-order valence-corrected chi connectivity index (χ0v) is 9.00. The molecule has 0 amide bonds. The third-order valence-corrected chi connectivity index (χ3v) is 3.26. The van der Waals surface area contributed by atoms with Gasteiger partial charge in [0.25, 0.3) is 5.82 Å². The van der Waals surface area contributed by atoms with Gasteiger partial charge < -0.3 is 5.21 Å². The number of aromatic nitrogens is 2. The number of hydrogen-bond donors (Lipinski definition) is 0. The third-order valence-electron chi connectivity index (χ3n) is 3.03. The Balaban J connectivity index is 2.39. The standard InChI is InChI=1S/C11H11ClN2O/c12-8-4-5-9-10(7-8)13-6-2-1-3-11(13)14(9)15/h4-5,7H,1-3,6H2. The molecule has 1 aromatic heterocycles. The van der Waals surface area contributed by atoms with Crippen LogP contribution >= 0.6 is 11.6 Å². The number of imidazole rings is 1. The van der Waals surface area contributed by atoms with Crippen LogP contribution in [-0.2, 0) is 13.0 Å². The van der Waals surface area contributed by atoms with E-state index >= 15 is 0 Å². The molecule has 0 spiro atoms. The largest absolute Gasteiger partial charge is 0.710 e. The molecule has 15 heavy (non-hydrogen) atoms. The number of rotatable bonds is 0. The van der Waals surface area contributed by atoms with Crippen molar-refractivity contribution in [3.63, 3.8) is 0 Å². The van der Waals surface area contributed by atoms with Crippen molar-refractivity contribution in [3.05, 3.63) is 34.3 Å². The zero-order chi connectivity index (χ0) is 10.4. The summed E-state index contributed by atoms with van der Waals surface area (Å²) in [6.45, 7) is 0.932. The van der Waals surface area contributed by atoms with Crippen molar-refractivity contribution in [1.82, 2.24) is 4.57 Å². The van der Waals surface area contributed by atoms with Crippen LogP contribution in [0.4, 0.5) is 0 Å². The molecule has 0 fully saturated rings. The Labute approximate surface area is 92.5 Å². The van der Waals surface area contributed by atoms with Crippen molar-refractivity contribution in [3.8, 4) is 0 Å². The van der Waals surface area contributed by atoms with Gasteiger partial charge in [0.15, 0.2) is 11.0 Å². The summed E-state index contributed by atoms with van der Waals surface area (Å²) in [6, 6.07) is 5.44. The average molecular weight is 223 g/mol. The highest BCUT2D eigenvalue weighted by Crippen LogP contribution is 2.23. The van der Waals surface area contributed by atoms with Crippen LogP contribution in [0, 0.1) is 5.21 Å². The summed E-state index contributed by atoms with van der Waals surface area (Å²) in [5, 5.41) is 12.6. The lowest BCUT2D eigenvalue weighted by Gasteiger charge is -2.10. The molecule has 1 aliphatic rings. The molecule has 0 aliphatic carbocycles. The number of hydrogen-bond acceptors (Lipinski definition) is 1. The van der Waals surface area contributed by atoms with Crippen LogP contribution in [0.1, 0.15) is 18.7 Å². The van der Waals surface area contributed by atoms with Gasteiger partial charge in [0, 0.05) is 17.5 Å². The molecule has 0 saturated carbocycles. The van der Waals surface area contributed by atoms with Crippen molar-refractivity contribution in [1.29, 1.82) is 0 Å². The highest BCUT2D eigenvalue weighted by atomic mass is 35.5. The first-order valence-electron chi connectivity index (χ1n) is 5.17. The predicted octanol–water partition coefficient (Wildman–Crippen LogP) is 2.26. The molecule has 0 N–H and O–H groups in total. The second kappa shape index (κ2) is 3.14. The van der Waals surface area contributed by atoms with Crippen molar-refractivity contribution >= 4 is 22.6 Å². The maximum atomic E-state index is 11.9. The lowest BCUT2D eigenvalue weighted by molar-refractivity contribution is -0.588. The summed E-state index contributed by atoms with van der Waals surface area (Å²) >= 11 is 5.95. The van der Waals surface area contributed by atoms with Gasteiger partial charge in [-0.2, -0.15) is 0 Å². The van der Waals surface area contributed by atoms with Crippen LogP contribution in [0.3, 0.4) is 0 Å². The molecular weight excluding hydrogens is 212 g/mol. The van der Waals surface area contributed by atoms with Gasteiger partial charge in [-0.25, -0.2) is 9.30 Å². The first kappa shape index (κ1) is 9.04. The van der Waals surface area contributed by atoms with Gasteiger partial charge in [-0.3, -0.25) is 0 Å². The fourth-order valence-corrected chi connectivity index (χ4v) is 2.48. The van der Waals surface area contributed by atoms with E-state index in [1.807, 2.05) is 6.07 Å². The third kappa shape index (κ3) is 1.23. The summed E-state index contributed by atoms with van der Waals surface area (Å²) in [4.78, 5) is 0. The molecule has 2 aromatic rings. The number of nitrogens with zero attached hydrogens (tertiary/aromatic N) is 2. The van der Waals surface area contributed by atoms with E-state index in [0.717, 1.165) is 47.4 Å². The molecule has 78 valence electrons. The number of aryl methyl sites for hydroxylation is 1. The van der Waals surface area contributed by atoms with E-state index in [-0.39, 0.29) is 0 Å². The van der Waals surface area contributed by atoms with E-state index in [9.17, 15) is 5.21 Å². The summed E-state index contributed by atoms with van der Waals surface area (Å²) < 4.78 is 3.14. The van der Waals surface area contributed by atoms with Crippen LogP contribution < -0.4 is 4.73 Å². The molecule has 0 unspecified atom stereocenters. The van der Waals surface area contributed by atoms with Gasteiger partial charge >= 0.3 is 0 Å². The quantitative estimate of drug-likeness (QED) is 0.497. The highest BCUT2D eigenvalue weighted by Gasteiger charge is 2.23. The zero-order valence-electron chi connectivity index (χ0n) is 8.24. The highest BCUT2D eigenvalue weighted by molar-refractivity contribution is 6.31.